The van der Waals surface area contributed by atoms with Gasteiger partial charge in [0.15, 0.2) is 0 Å². The summed E-state index contributed by atoms with van der Waals surface area (Å²) in [6.45, 7) is 4.15. The molecule has 106 valence electrons. The van der Waals surface area contributed by atoms with E-state index in [1.54, 1.807) is 0 Å². The van der Waals surface area contributed by atoms with Crippen LogP contribution in [0.5, 0.6) is 0 Å². The third-order valence-corrected chi connectivity index (χ3v) is 4.56. The minimum absolute atomic E-state index is 0.0712. The molecule has 0 bridgehead atoms. The molecule has 0 saturated heterocycles. The lowest BCUT2D eigenvalue weighted by Crippen LogP contribution is -2.35. The molecule has 0 heterocycles. The van der Waals surface area contributed by atoms with E-state index in [-0.39, 0.29) is 11.9 Å². The number of hydrogen-bond donors (Lipinski definition) is 1. The average Bonchev–Trinajstić information content (AvgIpc) is 2.39. The van der Waals surface area contributed by atoms with Crippen molar-refractivity contribution in [1.29, 1.82) is 0 Å². The van der Waals surface area contributed by atoms with Crippen LogP contribution in [0.1, 0.15) is 32.3 Å². The zero-order chi connectivity index (χ0) is 14.3. The maximum absolute atomic E-state index is 11.7. The number of thioether (sulfide) groups is 1. The molecule has 0 aliphatic carbocycles. The Kier molecular flexibility index (Phi) is 7.66. The Morgan fingerprint density at radius 3 is 2.37 bits per heavy atom. The van der Waals surface area contributed by atoms with E-state index in [0.717, 1.165) is 18.4 Å². The van der Waals surface area contributed by atoms with Gasteiger partial charge in [0.1, 0.15) is 0 Å². The van der Waals surface area contributed by atoms with Crippen molar-refractivity contribution in [2.45, 2.75) is 38.5 Å². The van der Waals surface area contributed by atoms with Crippen LogP contribution in [0.3, 0.4) is 0 Å². The number of benzene rings is 1. The summed E-state index contributed by atoms with van der Waals surface area (Å²) in [6, 6.07) is 5.72. The van der Waals surface area contributed by atoms with Crippen molar-refractivity contribution in [1.82, 2.24) is 5.32 Å². The molecular weight excluding hydrogens is 301 g/mol. The Morgan fingerprint density at radius 2 is 1.84 bits per heavy atom. The first kappa shape index (κ1) is 16.7. The van der Waals surface area contributed by atoms with Crippen molar-refractivity contribution < 1.29 is 4.79 Å². The molecule has 0 radical (unpaired) electrons. The van der Waals surface area contributed by atoms with Crippen molar-refractivity contribution in [2.75, 3.05) is 5.75 Å². The molecule has 0 aliphatic rings. The molecule has 0 fully saturated rings. The lowest BCUT2D eigenvalue weighted by molar-refractivity contribution is -0.119. The van der Waals surface area contributed by atoms with E-state index in [4.69, 9.17) is 23.2 Å². The highest BCUT2D eigenvalue weighted by Crippen LogP contribution is 2.28. The second-order valence-electron chi connectivity index (χ2n) is 4.27. The molecular formula is C14H19Cl2NOS. The monoisotopic (exact) mass is 319 g/mol. The molecule has 1 amide bonds. The van der Waals surface area contributed by atoms with Gasteiger partial charge < -0.3 is 5.32 Å². The lowest BCUT2D eigenvalue weighted by Gasteiger charge is -2.14. The van der Waals surface area contributed by atoms with Crippen LogP contribution in [0.15, 0.2) is 18.2 Å². The average molecular weight is 320 g/mol. The van der Waals surface area contributed by atoms with Crippen molar-refractivity contribution >= 4 is 40.9 Å². The third-order valence-electron chi connectivity index (χ3n) is 2.89. The second kappa shape index (κ2) is 8.72. The van der Waals surface area contributed by atoms with Gasteiger partial charge in [-0.05, 0) is 30.5 Å². The van der Waals surface area contributed by atoms with Gasteiger partial charge in [-0.1, -0.05) is 43.1 Å². The fourth-order valence-corrected chi connectivity index (χ4v) is 3.25. The summed E-state index contributed by atoms with van der Waals surface area (Å²) < 4.78 is 0. The first-order valence-corrected chi connectivity index (χ1v) is 8.29. The first-order chi connectivity index (χ1) is 9.08. The lowest BCUT2D eigenvalue weighted by atomic mass is 10.2. The SMILES string of the molecule is CCC(CC)NC(=O)CSCc1c(Cl)cccc1Cl. The van der Waals surface area contributed by atoms with Gasteiger partial charge in [-0.15, -0.1) is 11.8 Å². The predicted octanol–water partition coefficient (Wildman–Crippen LogP) is 4.53. The van der Waals surface area contributed by atoms with Gasteiger partial charge in [0, 0.05) is 21.8 Å². The standard InChI is InChI=1S/C14H19Cl2NOS/c1-3-10(4-2)17-14(18)9-19-8-11-12(15)6-5-7-13(11)16/h5-7,10H,3-4,8-9H2,1-2H3,(H,17,18). The van der Waals surface area contributed by atoms with Crippen LogP contribution in [0, 0.1) is 0 Å². The molecule has 1 N–H and O–H groups in total. The smallest absolute Gasteiger partial charge is 0.230 e. The van der Waals surface area contributed by atoms with Gasteiger partial charge in [-0.3, -0.25) is 4.79 Å². The van der Waals surface area contributed by atoms with Gasteiger partial charge in [0.05, 0.1) is 5.75 Å². The quantitative estimate of drug-likeness (QED) is 0.799. The van der Waals surface area contributed by atoms with Crippen molar-refractivity contribution in [2.24, 2.45) is 0 Å². The van der Waals surface area contributed by atoms with Gasteiger partial charge in [0.2, 0.25) is 5.91 Å². The second-order valence-corrected chi connectivity index (χ2v) is 6.07. The van der Waals surface area contributed by atoms with E-state index < -0.39 is 0 Å². The summed E-state index contributed by atoms with van der Waals surface area (Å²) in [4.78, 5) is 11.7. The summed E-state index contributed by atoms with van der Waals surface area (Å²) in [5, 5.41) is 4.31. The third kappa shape index (κ3) is 5.64. The number of amides is 1. The number of hydrogen-bond acceptors (Lipinski definition) is 2. The van der Waals surface area contributed by atoms with E-state index in [1.165, 1.54) is 11.8 Å². The van der Waals surface area contributed by atoms with Crippen LogP contribution in [0.4, 0.5) is 0 Å². The number of rotatable bonds is 7. The maximum atomic E-state index is 11.7. The van der Waals surface area contributed by atoms with Crippen LogP contribution < -0.4 is 5.32 Å². The van der Waals surface area contributed by atoms with Crippen LogP contribution in [-0.4, -0.2) is 17.7 Å². The summed E-state index contributed by atoms with van der Waals surface area (Å²) in [5.74, 6) is 1.15. The maximum Gasteiger partial charge on any atom is 0.230 e. The Bertz CT molecular complexity index is 402. The molecule has 0 saturated carbocycles. The first-order valence-electron chi connectivity index (χ1n) is 6.38. The topological polar surface area (TPSA) is 29.1 Å². The molecule has 19 heavy (non-hydrogen) atoms. The summed E-state index contributed by atoms with van der Waals surface area (Å²) in [5.41, 5.74) is 0.895. The molecule has 0 unspecified atom stereocenters. The van der Waals surface area contributed by atoms with Gasteiger partial charge in [-0.2, -0.15) is 0 Å². The van der Waals surface area contributed by atoms with Gasteiger partial charge in [0.25, 0.3) is 0 Å². The zero-order valence-corrected chi connectivity index (χ0v) is 13.5. The molecule has 5 heteroatoms. The predicted molar refractivity (Wildman–Crippen MR) is 85.1 cm³/mol. The fraction of sp³-hybridized carbons (Fsp3) is 0.500. The molecule has 1 aromatic rings. The number of carbonyl (C=O) groups is 1. The Balaban J connectivity index is 2.40. The summed E-state index contributed by atoms with van der Waals surface area (Å²) >= 11 is 13.7. The Morgan fingerprint density at radius 1 is 1.26 bits per heavy atom. The molecule has 0 atom stereocenters. The normalized spacial score (nSPS) is 10.8. The number of nitrogens with one attached hydrogen (secondary N) is 1. The Hall–Kier alpha value is -0.380. The molecule has 1 rings (SSSR count). The zero-order valence-electron chi connectivity index (χ0n) is 11.2. The van der Waals surface area contributed by atoms with E-state index >= 15 is 0 Å². The van der Waals surface area contributed by atoms with Gasteiger partial charge >= 0.3 is 0 Å². The van der Waals surface area contributed by atoms with Crippen molar-refractivity contribution in [3.05, 3.63) is 33.8 Å². The minimum Gasteiger partial charge on any atom is -0.353 e. The Labute approximate surface area is 129 Å². The number of halogens is 2. The number of carbonyl (C=O) groups excluding carboxylic acids is 1. The highest BCUT2D eigenvalue weighted by Gasteiger charge is 2.10. The summed E-state index contributed by atoms with van der Waals surface area (Å²) in [7, 11) is 0. The van der Waals surface area contributed by atoms with Crippen LogP contribution >= 0.6 is 35.0 Å². The van der Waals surface area contributed by atoms with Crippen molar-refractivity contribution in [3.63, 3.8) is 0 Å². The molecule has 2 nitrogen and oxygen atoms in total. The van der Waals surface area contributed by atoms with E-state index in [9.17, 15) is 4.79 Å². The largest absolute Gasteiger partial charge is 0.353 e. The highest BCUT2D eigenvalue weighted by atomic mass is 35.5. The van der Waals surface area contributed by atoms with E-state index in [1.807, 2.05) is 18.2 Å². The van der Waals surface area contributed by atoms with E-state index in [2.05, 4.69) is 19.2 Å². The molecule has 0 aliphatic heterocycles. The van der Waals surface area contributed by atoms with Gasteiger partial charge in [-0.25, -0.2) is 0 Å². The molecule has 0 spiro atoms. The molecule has 1 aromatic carbocycles. The fourth-order valence-electron chi connectivity index (χ4n) is 1.68. The van der Waals surface area contributed by atoms with Crippen molar-refractivity contribution in [3.8, 4) is 0 Å². The van der Waals surface area contributed by atoms with Crippen LogP contribution in [-0.2, 0) is 10.5 Å². The van der Waals surface area contributed by atoms with Crippen LogP contribution in [0.25, 0.3) is 0 Å². The van der Waals surface area contributed by atoms with E-state index in [0.29, 0.717) is 21.6 Å². The summed E-state index contributed by atoms with van der Waals surface area (Å²) in [6.07, 6.45) is 1.92. The highest BCUT2D eigenvalue weighted by molar-refractivity contribution is 7.99. The van der Waals surface area contributed by atoms with Crippen LogP contribution in [0.2, 0.25) is 10.0 Å². The minimum atomic E-state index is 0.0712. The molecule has 0 aromatic heterocycles.